The molecule has 0 atom stereocenters. The maximum atomic E-state index is 5.95. The van der Waals surface area contributed by atoms with E-state index in [1.807, 2.05) is 36.1 Å². The Hall–Kier alpha value is -1.32. The van der Waals surface area contributed by atoms with Crippen LogP contribution >= 0.6 is 11.6 Å². The van der Waals surface area contributed by atoms with Gasteiger partial charge in [-0.3, -0.25) is 4.68 Å². The summed E-state index contributed by atoms with van der Waals surface area (Å²) in [6, 6.07) is 5.92. The van der Waals surface area contributed by atoms with Crippen LogP contribution in [0.25, 0.3) is 11.1 Å². The Morgan fingerprint density at radius 1 is 1.41 bits per heavy atom. The molecular formula is C13H16ClN3. The Bertz CT molecular complexity index is 505. The summed E-state index contributed by atoms with van der Waals surface area (Å²) in [5.41, 5.74) is 3.49. The second-order valence-electron chi connectivity index (χ2n) is 4.05. The van der Waals surface area contributed by atoms with Gasteiger partial charge in [-0.25, -0.2) is 0 Å². The van der Waals surface area contributed by atoms with Crippen LogP contribution < -0.4 is 5.32 Å². The van der Waals surface area contributed by atoms with E-state index in [9.17, 15) is 0 Å². The van der Waals surface area contributed by atoms with Crippen LogP contribution in [0.5, 0.6) is 0 Å². The molecule has 90 valence electrons. The number of aryl methyl sites for hydroxylation is 1. The average molecular weight is 250 g/mol. The van der Waals surface area contributed by atoms with Crippen LogP contribution in [0.3, 0.4) is 0 Å². The summed E-state index contributed by atoms with van der Waals surface area (Å²) in [7, 11) is 1.94. The fourth-order valence-corrected chi connectivity index (χ4v) is 2.03. The average Bonchev–Trinajstić information content (AvgIpc) is 2.75. The number of rotatable bonds is 4. The van der Waals surface area contributed by atoms with Crippen LogP contribution in [0.15, 0.2) is 30.6 Å². The van der Waals surface area contributed by atoms with Crippen LogP contribution in [-0.2, 0) is 6.54 Å². The van der Waals surface area contributed by atoms with Gasteiger partial charge < -0.3 is 5.32 Å². The van der Waals surface area contributed by atoms with Gasteiger partial charge >= 0.3 is 0 Å². The van der Waals surface area contributed by atoms with Gasteiger partial charge in [0.25, 0.3) is 0 Å². The number of hydrogen-bond acceptors (Lipinski definition) is 2. The van der Waals surface area contributed by atoms with Crippen molar-refractivity contribution in [2.45, 2.75) is 13.5 Å². The minimum atomic E-state index is 0.772. The van der Waals surface area contributed by atoms with Crippen LogP contribution in [0.2, 0.25) is 5.02 Å². The second kappa shape index (κ2) is 5.34. The molecule has 1 heterocycles. The predicted molar refractivity (Wildman–Crippen MR) is 71.3 cm³/mol. The Balaban J connectivity index is 2.24. The van der Waals surface area contributed by atoms with Gasteiger partial charge in [-0.05, 0) is 37.2 Å². The van der Waals surface area contributed by atoms with Gasteiger partial charge in [-0.2, -0.15) is 5.10 Å². The zero-order valence-corrected chi connectivity index (χ0v) is 10.8. The highest BCUT2D eigenvalue weighted by atomic mass is 35.5. The van der Waals surface area contributed by atoms with Gasteiger partial charge in [0.05, 0.1) is 12.7 Å². The number of likely N-dealkylation sites (N-methyl/N-ethyl adjacent to an activating group) is 1. The second-order valence-corrected chi connectivity index (χ2v) is 4.49. The van der Waals surface area contributed by atoms with Crippen molar-refractivity contribution in [1.82, 2.24) is 15.1 Å². The SMILES string of the molecule is CNCCn1cc(-c2ccc(Cl)cc2C)cn1. The summed E-state index contributed by atoms with van der Waals surface area (Å²) in [6.45, 7) is 3.86. The Morgan fingerprint density at radius 2 is 2.24 bits per heavy atom. The van der Waals surface area contributed by atoms with E-state index in [1.165, 1.54) is 11.1 Å². The molecule has 17 heavy (non-hydrogen) atoms. The van der Waals surface area contributed by atoms with Crippen LogP contribution in [0, 0.1) is 6.92 Å². The van der Waals surface area contributed by atoms with Crippen molar-refractivity contribution < 1.29 is 0 Å². The third-order valence-corrected chi connectivity index (χ3v) is 2.96. The molecule has 0 saturated carbocycles. The topological polar surface area (TPSA) is 29.9 Å². The van der Waals surface area contributed by atoms with Gasteiger partial charge in [0.1, 0.15) is 0 Å². The first-order valence-electron chi connectivity index (χ1n) is 5.64. The molecule has 2 rings (SSSR count). The maximum absolute atomic E-state index is 5.95. The molecule has 0 spiro atoms. The summed E-state index contributed by atoms with van der Waals surface area (Å²) >= 11 is 5.95. The fraction of sp³-hybridized carbons (Fsp3) is 0.308. The molecule has 4 heteroatoms. The monoisotopic (exact) mass is 249 g/mol. The summed E-state index contributed by atoms with van der Waals surface area (Å²) in [5.74, 6) is 0. The molecule has 0 amide bonds. The van der Waals surface area contributed by atoms with Crippen molar-refractivity contribution in [3.05, 3.63) is 41.2 Å². The van der Waals surface area contributed by atoms with Gasteiger partial charge in [0, 0.05) is 23.3 Å². The third kappa shape index (κ3) is 2.87. The quantitative estimate of drug-likeness (QED) is 0.903. The zero-order valence-electron chi connectivity index (χ0n) is 10.1. The third-order valence-electron chi connectivity index (χ3n) is 2.72. The van der Waals surface area contributed by atoms with Gasteiger partial charge in [0.2, 0.25) is 0 Å². The highest BCUT2D eigenvalue weighted by Crippen LogP contribution is 2.25. The van der Waals surface area contributed by atoms with Crippen molar-refractivity contribution >= 4 is 11.6 Å². The highest BCUT2D eigenvalue weighted by molar-refractivity contribution is 6.30. The van der Waals surface area contributed by atoms with E-state index >= 15 is 0 Å². The summed E-state index contributed by atoms with van der Waals surface area (Å²) in [5, 5.41) is 8.22. The summed E-state index contributed by atoms with van der Waals surface area (Å²) in [6.07, 6.45) is 3.96. The molecule has 0 unspecified atom stereocenters. The number of hydrogen-bond donors (Lipinski definition) is 1. The summed E-state index contributed by atoms with van der Waals surface area (Å²) < 4.78 is 1.94. The van der Waals surface area contributed by atoms with Crippen molar-refractivity contribution in [1.29, 1.82) is 0 Å². The lowest BCUT2D eigenvalue weighted by Crippen LogP contribution is -2.14. The smallest absolute Gasteiger partial charge is 0.0568 e. The predicted octanol–water partition coefficient (Wildman–Crippen LogP) is 2.73. The normalized spacial score (nSPS) is 10.8. The minimum absolute atomic E-state index is 0.772. The van der Waals surface area contributed by atoms with E-state index in [0.717, 1.165) is 23.7 Å². The molecule has 1 aromatic carbocycles. The first-order chi connectivity index (χ1) is 8.20. The lowest BCUT2D eigenvalue weighted by molar-refractivity contribution is 0.585. The van der Waals surface area contributed by atoms with Crippen LogP contribution in [0.4, 0.5) is 0 Å². The lowest BCUT2D eigenvalue weighted by Gasteiger charge is -2.03. The molecule has 0 aliphatic carbocycles. The lowest BCUT2D eigenvalue weighted by atomic mass is 10.0. The molecule has 1 aromatic heterocycles. The Labute approximate surface area is 106 Å². The van der Waals surface area contributed by atoms with E-state index in [1.54, 1.807) is 0 Å². The van der Waals surface area contributed by atoms with E-state index in [0.29, 0.717) is 0 Å². The molecule has 1 N–H and O–H groups in total. The van der Waals surface area contributed by atoms with E-state index in [4.69, 9.17) is 11.6 Å². The van der Waals surface area contributed by atoms with E-state index in [2.05, 4.69) is 23.5 Å². The standard InChI is InChI=1S/C13H16ClN3/c1-10-7-12(14)3-4-13(10)11-8-16-17(9-11)6-5-15-2/h3-4,7-9,15H,5-6H2,1-2H3. The van der Waals surface area contributed by atoms with E-state index in [-0.39, 0.29) is 0 Å². The molecule has 0 aliphatic rings. The van der Waals surface area contributed by atoms with Crippen molar-refractivity contribution in [3.63, 3.8) is 0 Å². The molecule has 0 saturated heterocycles. The maximum Gasteiger partial charge on any atom is 0.0568 e. The Morgan fingerprint density at radius 3 is 2.94 bits per heavy atom. The minimum Gasteiger partial charge on any atom is -0.318 e. The van der Waals surface area contributed by atoms with Crippen LogP contribution in [-0.4, -0.2) is 23.4 Å². The highest BCUT2D eigenvalue weighted by Gasteiger charge is 2.05. The summed E-state index contributed by atoms with van der Waals surface area (Å²) in [4.78, 5) is 0. The van der Waals surface area contributed by atoms with Crippen molar-refractivity contribution in [2.24, 2.45) is 0 Å². The number of nitrogens with zero attached hydrogens (tertiary/aromatic N) is 2. The molecule has 0 bridgehead atoms. The molecule has 2 aromatic rings. The number of halogens is 1. The molecular weight excluding hydrogens is 234 g/mol. The number of nitrogens with one attached hydrogen (secondary N) is 1. The van der Waals surface area contributed by atoms with Gasteiger partial charge in [0.15, 0.2) is 0 Å². The zero-order chi connectivity index (χ0) is 12.3. The number of benzene rings is 1. The largest absolute Gasteiger partial charge is 0.318 e. The molecule has 0 fully saturated rings. The van der Waals surface area contributed by atoms with Gasteiger partial charge in [-0.15, -0.1) is 0 Å². The van der Waals surface area contributed by atoms with Crippen molar-refractivity contribution in [2.75, 3.05) is 13.6 Å². The molecule has 0 radical (unpaired) electrons. The number of aromatic nitrogens is 2. The van der Waals surface area contributed by atoms with E-state index < -0.39 is 0 Å². The van der Waals surface area contributed by atoms with Gasteiger partial charge in [-0.1, -0.05) is 17.7 Å². The van der Waals surface area contributed by atoms with Crippen molar-refractivity contribution in [3.8, 4) is 11.1 Å². The Kier molecular flexibility index (Phi) is 3.82. The van der Waals surface area contributed by atoms with Crippen LogP contribution in [0.1, 0.15) is 5.56 Å². The first kappa shape index (κ1) is 12.1. The first-order valence-corrected chi connectivity index (χ1v) is 6.02. The fourth-order valence-electron chi connectivity index (χ4n) is 1.80. The molecule has 3 nitrogen and oxygen atoms in total. The molecule has 0 aliphatic heterocycles.